The van der Waals surface area contributed by atoms with Crippen LogP contribution in [0.4, 0.5) is 14.6 Å². The summed E-state index contributed by atoms with van der Waals surface area (Å²) in [5, 5.41) is 2.80. The largest absolute Gasteiger partial charge is 0.474 e. The molecule has 2 saturated carbocycles. The van der Waals surface area contributed by atoms with E-state index >= 15 is 4.39 Å². The number of aromatic nitrogens is 2. The van der Waals surface area contributed by atoms with Gasteiger partial charge in [-0.25, -0.2) is 18.7 Å². The Morgan fingerprint density at radius 1 is 0.966 bits per heavy atom. The number of alkyl halides is 1. The quantitative estimate of drug-likeness (QED) is 0.207. The molecule has 2 amide bonds. The number of halogens is 2. The van der Waals surface area contributed by atoms with Gasteiger partial charge in [0, 0.05) is 75.5 Å². The Balaban J connectivity index is 0.000000177. The molecule has 0 spiro atoms. The minimum absolute atomic E-state index is 0.000966. The molecule has 10 nitrogen and oxygen atoms in total. The third kappa shape index (κ3) is 10.2. The van der Waals surface area contributed by atoms with Crippen molar-refractivity contribution in [1.82, 2.24) is 25.1 Å². The van der Waals surface area contributed by atoms with Crippen LogP contribution in [0, 0.1) is 17.7 Å². The average molecular weight is 800 g/mol. The molecule has 5 heterocycles. The zero-order chi connectivity index (χ0) is 40.8. The Labute approximate surface area is 343 Å². The molecule has 0 bridgehead atoms. The Hall–Kier alpha value is -4.16. The SMILES string of the molecule is CC(C)N1CCC(Oc2ccc3c(n2)CCN(c2ccc(C(N)=O)cn2)C3)CC1.CCNC(=O)[C@H]1C[C@](F)(C2CCC(c3ccc(CN4CCCC4)c(F)c3)CC2)C1. The highest BCUT2D eigenvalue weighted by molar-refractivity contribution is 5.92. The molecule has 3 aliphatic heterocycles. The maximum absolute atomic E-state index is 15.2. The topological polar surface area (TPSA) is 117 Å². The number of amides is 2. The number of carbonyl (C=O) groups excluding carboxylic acids is 2. The molecule has 0 unspecified atom stereocenters. The van der Waals surface area contributed by atoms with Crippen molar-refractivity contribution in [3.63, 3.8) is 0 Å². The zero-order valence-electron chi connectivity index (χ0n) is 34.7. The first-order valence-corrected chi connectivity index (χ1v) is 21.9. The Bertz CT molecular complexity index is 1850. The van der Waals surface area contributed by atoms with E-state index in [0.717, 1.165) is 113 Å². The molecular formula is C46H63F2N7O3. The van der Waals surface area contributed by atoms with Crippen LogP contribution in [0.3, 0.4) is 0 Å². The van der Waals surface area contributed by atoms with Crippen LogP contribution in [0.2, 0.25) is 0 Å². The van der Waals surface area contributed by atoms with Gasteiger partial charge in [-0.05, 0) is 139 Å². The van der Waals surface area contributed by atoms with Gasteiger partial charge in [0.25, 0.3) is 0 Å². The van der Waals surface area contributed by atoms with Gasteiger partial charge in [0.1, 0.15) is 23.4 Å². The Morgan fingerprint density at radius 2 is 1.71 bits per heavy atom. The van der Waals surface area contributed by atoms with E-state index in [9.17, 15) is 14.0 Å². The monoisotopic (exact) mass is 799 g/mol. The summed E-state index contributed by atoms with van der Waals surface area (Å²) >= 11 is 0. The number of pyridine rings is 2. The van der Waals surface area contributed by atoms with E-state index in [1.54, 1.807) is 12.1 Å². The van der Waals surface area contributed by atoms with Crippen molar-refractivity contribution in [2.75, 3.05) is 44.2 Å². The highest BCUT2D eigenvalue weighted by Gasteiger charge is 2.53. The highest BCUT2D eigenvalue weighted by atomic mass is 19.1. The number of ether oxygens (including phenoxy) is 1. The van der Waals surface area contributed by atoms with E-state index in [1.165, 1.54) is 24.6 Å². The number of anilines is 1. The molecule has 2 aliphatic carbocycles. The van der Waals surface area contributed by atoms with Crippen LogP contribution >= 0.6 is 0 Å². The highest BCUT2D eigenvalue weighted by Crippen LogP contribution is 2.52. The van der Waals surface area contributed by atoms with Crippen molar-refractivity contribution >= 4 is 17.6 Å². The standard InChI is InChI=1S/C24H34F2N2O.C22H29N5O2/c1-2-27-23(29)20-14-24(26,15-20)21-9-7-17(8-10-21)18-5-6-19(22(25)13-18)16-28-11-3-4-12-28;1-15(2)26-10-7-18(8-11-26)29-21-6-4-17-14-27(12-9-19(17)25-21)20-5-3-16(13-24-20)22(23)28/h5-6,13,17,20-21H,2-4,7-12,14-16H2,1H3,(H,27,29);3-6,13,15,18H,7-12,14H2,1-2H3,(H2,23,28)/t17?,20-,21?,24+;. The lowest BCUT2D eigenvalue weighted by Gasteiger charge is -2.47. The Morgan fingerprint density at radius 3 is 2.34 bits per heavy atom. The second kappa shape index (κ2) is 18.8. The average Bonchev–Trinajstić information content (AvgIpc) is 3.74. The molecule has 4 fully saturated rings. The van der Waals surface area contributed by atoms with E-state index in [-0.39, 0.29) is 29.7 Å². The number of primary amides is 1. The summed E-state index contributed by atoms with van der Waals surface area (Å²) in [4.78, 5) is 39.3. The molecule has 314 valence electrons. The normalized spacial score (nSPS) is 25.3. The van der Waals surface area contributed by atoms with E-state index in [4.69, 9.17) is 15.5 Å². The number of nitrogens with two attached hydrogens (primary N) is 1. The molecule has 3 N–H and O–H groups in total. The lowest BCUT2D eigenvalue weighted by Crippen LogP contribution is -2.52. The summed E-state index contributed by atoms with van der Waals surface area (Å²) < 4.78 is 36.1. The number of fused-ring (bicyclic) bond motifs is 1. The molecule has 1 aromatic carbocycles. The van der Waals surface area contributed by atoms with Crippen molar-refractivity contribution in [2.45, 2.75) is 128 Å². The number of rotatable bonds is 11. The summed E-state index contributed by atoms with van der Waals surface area (Å²) in [7, 11) is 0. The van der Waals surface area contributed by atoms with Gasteiger partial charge in [0.15, 0.2) is 0 Å². The van der Waals surface area contributed by atoms with Gasteiger partial charge >= 0.3 is 0 Å². The predicted octanol–water partition coefficient (Wildman–Crippen LogP) is 7.34. The number of piperidine rings is 1. The minimum Gasteiger partial charge on any atom is -0.474 e. The third-order valence-corrected chi connectivity index (χ3v) is 13.4. The van der Waals surface area contributed by atoms with Gasteiger partial charge in [-0.3, -0.25) is 14.5 Å². The molecule has 0 atom stereocenters. The fraction of sp³-hybridized carbons (Fsp3) is 0.609. The van der Waals surface area contributed by atoms with E-state index in [0.29, 0.717) is 43.5 Å². The molecule has 12 heteroatoms. The first-order valence-electron chi connectivity index (χ1n) is 21.9. The minimum atomic E-state index is -1.18. The summed E-state index contributed by atoms with van der Waals surface area (Å²) in [5.74, 6) is 1.24. The van der Waals surface area contributed by atoms with Gasteiger partial charge in [0.05, 0.1) is 11.3 Å². The van der Waals surface area contributed by atoms with Gasteiger partial charge in [0.2, 0.25) is 17.7 Å². The van der Waals surface area contributed by atoms with E-state index < -0.39 is 11.6 Å². The fourth-order valence-corrected chi connectivity index (χ4v) is 9.73. The zero-order valence-corrected chi connectivity index (χ0v) is 34.7. The van der Waals surface area contributed by atoms with Crippen LogP contribution in [0.5, 0.6) is 5.88 Å². The number of hydrogen-bond acceptors (Lipinski definition) is 8. The summed E-state index contributed by atoms with van der Waals surface area (Å²) in [6.07, 6.45) is 11.4. The number of benzene rings is 1. The molecule has 2 aromatic heterocycles. The maximum atomic E-state index is 15.2. The maximum Gasteiger partial charge on any atom is 0.250 e. The third-order valence-electron chi connectivity index (χ3n) is 13.4. The smallest absolute Gasteiger partial charge is 0.250 e. The molecule has 8 rings (SSSR count). The summed E-state index contributed by atoms with van der Waals surface area (Å²) in [6.45, 7) is 13.6. The lowest BCUT2D eigenvalue weighted by atomic mass is 9.61. The van der Waals surface area contributed by atoms with Crippen LogP contribution in [0.25, 0.3) is 0 Å². The van der Waals surface area contributed by atoms with Crippen LogP contribution in [0.15, 0.2) is 48.7 Å². The van der Waals surface area contributed by atoms with Crippen LogP contribution in [0.1, 0.15) is 124 Å². The van der Waals surface area contributed by atoms with Crippen molar-refractivity contribution in [2.24, 2.45) is 17.6 Å². The van der Waals surface area contributed by atoms with Crippen molar-refractivity contribution < 1.29 is 23.1 Å². The van der Waals surface area contributed by atoms with Crippen molar-refractivity contribution in [3.05, 3.63) is 82.4 Å². The number of nitrogens with one attached hydrogen (secondary N) is 1. The first-order chi connectivity index (χ1) is 28.0. The van der Waals surface area contributed by atoms with Gasteiger partial charge in [-0.1, -0.05) is 18.2 Å². The van der Waals surface area contributed by atoms with Gasteiger partial charge < -0.3 is 25.6 Å². The second-order valence-electron chi connectivity index (χ2n) is 17.6. The Kier molecular flexibility index (Phi) is 13.6. The summed E-state index contributed by atoms with van der Waals surface area (Å²) in [5.41, 5.74) is 8.69. The van der Waals surface area contributed by atoms with Gasteiger partial charge in [-0.2, -0.15) is 0 Å². The first kappa shape index (κ1) is 42.0. The van der Waals surface area contributed by atoms with E-state index in [1.807, 2.05) is 25.1 Å². The number of nitrogens with zero attached hydrogens (tertiary/aromatic N) is 5. The molecule has 2 saturated heterocycles. The van der Waals surface area contributed by atoms with Crippen molar-refractivity contribution in [1.29, 1.82) is 0 Å². The molecular weight excluding hydrogens is 737 g/mol. The molecule has 0 radical (unpaired) electrons. The van der Waals surface area contributed by atoms with Crippen LogP contribution < -0.4 is 20.7 Å². The lowest BCUT2D eigenvalue weighted by molar-refractivity contribution is -0.138. The predicted molar refractivity (Wildman–Crippen MR) is 223 cm³/mol. The number of carbonyl (C=O) groups is 2. The van der Waals surface area contributed by atoms with Crippen LogP contribution in [-0.2, 0) is 24.3 Å². The van der Waals surface area contributed by atoms with Crippen LogP contribution in [-0.4, -0.2) is 88.7 Å². The molecule has 3 aromatic rings. The molecule has 58 heavy (non-hydrogen) atoms. The number of likely N-dealkylation sites (tertiary alicyclic amines) is 2. The molecule has 5 aliphatic rings. The van der Waals surface area contributed by atoms with Gasteiger partial charge in [-0.15, -0.1) is 0 Å². The second-order valence-corrected chi connectivity index (χ2v) is 17.6. The fourth-order valence-electron chi connectivity index (χ4n) is 9.73. The van der Waals surface area contributed by atoms with Crippen molar-refractivity contribution in [3.8, 4) is 5.88 Å². The number of hydrogen-bond donors (Lipinski definition) is 2. The van der Waals surface area contributed by atoms with E-state index in [2.05, 4.69) is 51.0 Å². The summed E-state index contributed by atoms with van der Waals surface area (Å²) in [6, 6.07) is 14.0.